The zero-order valence-electron chi connectivity index (χ0n) is 23.3. The zero-order chi connectivity index (χ0) is 27.7. The number of rotatable bonds is 14. The van der Waals surface area contributed by atoms with Crippen LogP contribution in [0, 0.1) is 0 Å². The van der Waals surface area contributed by atoms with Crippen LogP contribution < -0.4 is 4.72 Å². The van der Waals surface area contributed by atoms with Gasteiger partial charge in [-0.25, -0.2) is 13.4 Å². The van der Waals surface area contributed by atoms with Crippen LogP contribution in [0.2, 0.25) is 0 Å². The summed E-state index contributed by atoms with van der Waals surface area (Å²) in [6.07, 6.45) is 5.58. The van der Waals surface area contributed by atoms with E-state index >= 15 is 0 Å². The molecule has 0 unspecified atom stereocenters. The maximum Gasteiger partial charge on any atom is 0.229 e. The Morgan fingerprint density at radius 3 is 2.00 bits per heavy atom. The second-order valence-corrected chi connectivity index (χ2v) is 11.9. The Balaban J connectivity index is 1.72. The maximum absolute atomic E-state index is 11.6. The number of nitrogens with one attached hydrogen (secondary N) is 1. The van der Waals surface area contributed by atoms with Gasteiger partial charge in [0.25, 0.3) is 0 Å². The molecule has 0 amide bonds. The fourth-order valence-corrected chi connectivity index (χ4v) is 5.36. The topological polar surface area (TPSA) is 67.2 Å². The summed E-state index contributed by atoms with van der Waals surface area (Å²) in [7, 11) is -3.30. The number of aromatic nitrogens is 2. The van der Waals surface area contributed by atoms with Gasteiger partial charge in [-0.1, -0.05) is 99.5 Å². The van der Waals surface area contributed by atoms with Gasteiger partial charge in [0, 0.05) is 36.4 Å². The van der Waals surface area contributed by atoms with Crippen LogP contribution in [0.5, 0.6) is 0 Å². The molecule has 6 nitrogen and oxygen atoms in total. The lowest BCUT2D eigenvalue weighted by molar-refractivity contribution is 0.246. The van der Waals surface area contributed by atoms with Gasteiger partial charge in [0.05, 0.1) is 17.6 Å². The standard InChI is InChI=1S/C32H40N4O2S/c1-4-6-22-35(24-26-18-20-29(21-19-26)34-39(3,37)38)25-30-31(27-14-10-8-11-15-27)33-32(36(30)23-7-5-2)28-16-12-9-13-17-28/h8-21,34H,4-7,22-25H2,1-3H3. The summed E-state index contributed by atoms with van der Waals surface area (Å²) >= 11 is 0. The molecule has 0 saturated carbocycles. The van der Waals surface area contributed by atoms with Gasteiger partial charge >= 0.3 is 0 Å². The van der Waals surface area contributed by atoms with E-state index in [4.69, 9.17) is 4.98 Å². The molecule has 0 saturated heterocycles. The smallest absolute Gasteiger partial charge is 0.229 e. The van der Waals surface area contributed by atoms with Gasteiger partial charge in [0.2, 0.25) is 10.0 Å². The Kier molecular flexibility index (Phi) is 9.96. The van der Waals surface area contributed by atoms with Crippen molar-refractivity contribution in [3.8, 4) is 22.6 Å². The molecule has 0 bridgehead atoms. The SMILES string of the molecule is CCCCN(Cc1ccc(NS(C)(=O)=O)cc1)Cc1c(-c2ccccc2)nc(-c2ccccc2)n1CCCC. The highest BCUT2D eigenvalue weighted by atomic mass is 32.2. The molecule has 0 aliphatic rings. The molecule has 0 aliphatic carbocycles. The monoisotopic (exact) mass is 544 g/mol. The molecule has 3 aromatic carbocycles. The number of imidazole rings is 1. The summed E-state index contributed by atoms with van der Waals surface area (Å²) in [5, 5.41) is 0. The van der Waals surface area contributed by atoms with E-state index < -0.39 is 10.0 Å². The third-order valence-electron chi connectivity index (χ3n) is 6.75. The quantitative estimate of drug-likeness (QED) is 0.182. The van der Waals surface area contributed by atoms with Gasteiger partial charge in [-0.05, 0) is 37.1 Å². The molecule has 7 heteroatoms. The van der Waals surface area contributed by atoms with Crippen LogP contribution >= 0.6 is 0 Å². The Morgan fingerprint density at radius 1 is 0.795 bits per heavy atom. The average Bonchev–Trinajstić information content (AvgIpc) is 3.29. The predicted molar refractivity (Wildman–Crippen MR) is 162 cm³/mol. The summed E-state index contributed by atoms with van der Waals surface area (Å²) < 4.78 is 28.2. The van der Waals surface area contributed by atoms with E-state index in [1.165, 1.54) is 11.9 Å². The van der Waals surface area contributed by atoms with Crippen LogP contribution in [0.1, 0.15) is 50.8 Å². The number of anilines is 1. The molecular formula is C32H40N4O2S. The third-order valence-corrected chi connectivity index (χ3v) is 7.36. The van der Waals surface area contributed by atoms with Crippen molar-refractivity contribution in [2.24, 2.45) is 0 Å². The molecule has 0 radical (unpaired) electrons. The fourth-order valence-electron chi connectivity index (χ4n) is 4.80. The average molecular weight is 545 g/mol. The van der Waals surface area contributed by atoms with Gasteiger partial charge < -0.3 is 4.57 Å². The van der Waals surface area contributed by atoms with E-state index in [0.717, 1.165) is 80.1 Å². The molecule has 1 aromatic heterocycles. The van der Waals surface area contributed by atoms with E-state index in [1.807, 2.05) is 36.4 Å². The predicted octanol–water partition coefficient (Wildman–Crippen LogP) is 7.19. The zero-order valence-corrected chi connectivity index (χ0v) is 24.1. The molecule has 0 spiro atoms. The highest BCUT2D eigenvalue weighted by molar-refractivity contribution is 7.92. The first kappa shape index (κ1) is 28.6. The Hall–Kier alpha value is -3.42. The number of benzene rings is 3. The van der Waals surface area contributed by atoms with Crippen molar-refractivity contribution in [3.63, 3.8) is 0 Å². The Bertz CT molecular complexity index is 1420. The molecular weight excluding hydrogens is 504 g/mol. The summed E-state index contributed by atoms with van der Waals surface area (Å²) in [4.78, 5) is 7.75. The third kappa shape index (κ3) is 8.04. The largest absolute Gasteiger partial charge is 0.326 e. The minimum atomic E-state index is -3.30. The van der Waals surface area contributed by atoms with Crippen molar-refractivity contribution in [1.29, 1.82) is 0 Å². The van der Waals surface area contributed by atoms with Crippen molar-refractivity contribution in [1.82, 2.24) is 14.5 Å². The van der Waals surface area contributed by atoms with Crippen molar-refractivity contribution in [3.05, 3.63) is 96.2 Å². The summed E-state index contributed by atoms with van der Waals surface area (Å²) in [6.45, 7) is 7.88. The van der Waals surface area contributed by atoms with E-state index in [0.29, 0.717) is 5.69 Å². The molecule has 4 aromatic rings. The lowest BCUT2D eigenvalue weighted by Crippen LogP contribution is -2.26. The minimum absolute atomic E-state index is 0.581. The van der Waals surface area contributed by atoms with Gasteiger partial charge in [-0.3, -0.25) is 9.62 Å². The molecule has 0 aliphatic heterocycles. The van der Waals surface area contributed by atoms with Crippen LogP contribution in [0.25, 0.3) is 22.6 Å². The highest BCUT2D eigenvalue weighted by Crippen LogP contribution is 2.31. The molecule has 206 valence electrons. The first-order valence-electron chi connectivity index (χ1n) is 13.9. The number of sulfonamides is 1. The molecule has 0 atom stereocenters. The van der Waals surface area contributed by atoms with E-state index in [9.17, 15) is 8.42 Å². The molecule has 1 heterocycles. The second-order valence-electron chi connectivity index (χ2n) is 10.1. The molecule has 1 N–H and O–H groups in total. The Morgan fingerprint density at radius 2 is 1.41 bits per heavy atom. The lowest BCUT2D eigenvalue weighted by Gasteiger charge is -2.24. The van der Waals surface area contributed by atoms with Gasteiger partial charge in [0.15, 0.2) is 0 Å². The second kappa shape index (κ2) is 13.6. The van der Waals surface area contributed by atoms with Crippen LogP contribution in [0.4, 0.5) is 5.69 Å². The summed E-state index contributed by atoms with van der Waals surface area (Å²) in [5.74, 6) is 1.02. The normalized spacial score (nSPS) is 11.7. The Labute approximate surface area is 233 Å². The van der Waals surface area contributed by atoms with Gasteiger partial charge in [-0.2, -0.15) is 0 Å². The van der Waals surface area contributed by atoms with Gasteiger partial charge in [-0.15, -0.1) is 0 Å². The fraction of sp³-hybridized carbons (Fsp3) is 0.344. The molecule has 39 heavy (non-hydrogen) atoms. The van der Waals surface area contributed by atoms with Gasteiger partial charge in [0.1, 0.15) is 5.82 Å². The molecule has 4 rings (SSSR count). The van der Waals surface area contributed by atoms with Crippen molar-refractivity contribution in [2.75, 3.05) is 17.5 Å². The number of nitrogens with zero attached hydrogens (tertiary/aromatic N) is 3. The van der Waals surface area contributed by atoms with Crippen LogP contribution in [0.15, 0.2) is 84.9 Å². The first-order chi connectivity index (χ1) is 18.9. The van der Waals surface area contributed by atoms with E-state index in [2.05, 4.69) is 76.6 Å². The van der Waals surface area contributed by atoms with Crippen molar-refractivity contribution in [2.45, 2.75) is 59.2 Å². The number of hydrogen-bond donors (Lipinski definition) is 1. The van der Waals surface area contributed by atoms with Crippen molar-refractivity contribution < 1.29 is 8.42 Å². The summed E-state index contributed by atoms with van der Waals surface area (Å²) in [5.41, 5.74) is 6.27. The molecule has 0 fully saturated rings. The van der Waals surface area contributed by atoms with Crippen molar-refractivity contribution >= 4 is 15.7 Å². The van der Waals surface area contributed by atoms with E-state index in [-0.39, 0.29) is 0 Å². The summed E-state index contributed by atoms with van der Waals surface area (Å²) in [6, 6.07) is 28.7. The van der Waals surface area contributed by atoms with E-state index in [1.54, 1.807) is 0 Å². The van der Waals surface area contributed by atoms with Crippen LogP contribution in [-0.4, -0.2) is 35.7 Å². The lowest BCUT2D eigenvalue weighted by atomic mass is 10.1. The minimum Gasteiger partial charge on any atom is -0.326 e. The number of hydrogen-bond acceptors (Lipinski definition) is 4. The van der Waals surface area contributed by atoms with Crippen LogP contribution in [0.3, 0.4) is 0 Å². The highest BCUT2D eigenvalue weighted by Gasteiger charge is 2.22. The maximum atomic E-state index is 11.6. The number of unbranched alkanes of at least 4 members (excludes halogenated alkanes) is 2. The first-order valence-corrected chi connectivity index (χ1v) is 15.8. The van der Waals surface area contributed by atoms with Crippen LogP contribution in [-0.2, 0) is 29.7 Å².